The molecule has 3 rings (SSSR count). The molecule has 0 spiro atoms. The quantitative estimate of drug-likeness (QED) is 0.764. The van der Waals surface area contributed by atoms with E-state index in [1.165, 1.54) is 0 Å². The van der Waals surface area contributed by atoms with Crippen LogP contribution in [0.4, 0.5) is 0 Å². The summed E-state index contributed by atoms with van der Waals surface area (Å²) >= 11 is 5.94. The summed E-state index contributed by atoms with van der Waals surface area (Å²) in [5, 5.41) is 6.73. The molecule has 3 aromatic rings. The molecule has 0 atom stereocenters. The third-order valence-corrected chi connectivity index (χ3v) is 4.29. The van der Waals surface area contributed by atoms with Crippen LogP contribution < -0.4 is 4.74 Å². The number of H-pyrrole nitrogens is 1. The Labute approximate surface area is 143 Å². The number of halogens is 1. The lowest BCUT2D eigenvalue weighted by molar-refractivity contribution is 0.461. The predicted molar refractivity (Wildman–Crippen MR) is 89.0 cm³/mol. The highest BCUT2D eigenvalue weighted by Crippen LogP contribution is 2.32. The fourth-order valence-electron chi connectivity index (χ4n) is 2.01. The molecule has 24 heavy (non-hydrogen) atoms. The van der Waals surface area contributed by atoms with Crippen LogP contribution in [0, 0.1) is 6.92 Å². The number of aryl methyl sites for hydroxylation is 1. The van der Waals surface area contributed by atoms with Gasteiger partial charge in [-0.25, -0.2) is 18.5 Å². The van der Waals surface area contributed by atoms with Crippen molar-refractivity contribution in [3.05, 3.63) is 47.1 Å². The lowest BCUT2D eigenvalue weighted by Gasteiger charge is -2.10. The van der Waals surface area contributed by atoms with Gasteiger partial charge in [0.25, 0.3) is 0 Å². The van der Waals surface area contributed by atoms with Crippen molar-refractivity contribution in [1.82, 2.24) is 20.2 Å². The van der Waals surface area contributed by atoms with Crippen molar-refractivity contribution in [2.75, 3.05) is 6.26 Å². The molecule has 0 radical (unpaired) electrons. The van der Waals surface area contributed by atoms with Crippen molar-refractivity contribution in [3.8, 4) is 23.0 Å². The molecule has 0 saturated carbocycles. The second-order valence-electron chi connectivity index (χ2n) is 5.10. The fourth-order valence-corrected chi connectivity index (χ4v) is 2.70. The van der Waals surface area contributed by atoms with Gasteiger partial charge >= 0.3 is 0 Å². The first-order valence-corrected chi connectivity index (χ1v) is 9.13. The smallest absolute Gasteiger partial charge is 0.243 e. The van der Waals surface area contributed by atoms with Crippen molar-refractivity contribution in [2.24, 2.45) is 0 Å². The number of aromatic amines is 1. The van der Waals surface area contributed by atoms with Gasteiger partial charge in [0.1, 0.15) is 5.75 Å². The fraction of sp³-hybridized carbons (Fsp3) is 0.133. The molecule has 0 saturated heterocycles. The van der Waals surface area contributed by atoms with E-state index in [9.17, 15) is 8.42 Å². The Morgan fingerprint density at radius 2 is 2.04 bits per heavy atom. The van der Waals surface area contributed by atoms with E-state index < -0.39 is 9.84 Å². The molecule has 2 heterocycles. The third-order valence-electron chi connectivity index (χ3n) is 3.17. The number of hydrogen-bond donors (Lipinski definition) is 1. The molecule has 7 nitrogen and oxygen atoms in total. The zero-order chi connectivity index (χ0) is 17.3. The average Bonchev–Trinajstić information content (AvgIpc) is 3.00. The van der Waals surface area contributed by atoms with E-state index in [0.717, 1.165) is 11.8 Å². The maximum Gasteiger partial charge on any atom is 0.243 e. The lowest BCUT2D eigenvalue weighted by Crippen LogP contribution is -1.99. The van der Waals surface area contributed by atoms with Gasteiger partial charge in [0.2, 0.25) is 20.9 Å². The Morgan fingerprint density at radius 1 is 1.25 bits per heavy atom. The Morgan fingerprint density at radius 3 is 2.71 bits per heavy atom. The lowest BCUT2D eigenvalue weighted by atomic mass is 10.2. The maximum atomic E-state index is 11.5. The van der Waals surface area contributed by atoms with E-state index in [4.69, 9.17) is 16.3 Å². The molecular formula is C15H13ClN4O3S. The Hall–Kier alpha value is -2.45. The van der Waals surface area contributed by atoms with Crippen LogP contribution in [0.1, 0.15) is 5.56 Å². The van der Waals surface area contributed by atoms with E-state index >= 15 is 0 Å². The largest absolute Gasteiger partial charge is 0.438 e. The molecule has 0 bridgehead atoms. The van der Waals surface area contributed by atoms with Gasteiger partial charge in [0, 0.05) is 17.5 Å². The van der Waals surface area contributed by atoms with E-state index in [0.29, 0.717) is 16.3 Å². The number of rotatable bonds is 4. The highest BCUT2D eigenvalue weighted by atomic mass is 35.5. The molecule has 0 fully saturated rings. The number of pyridine rings is 1. The molecule has 2 aromatic heterocycles. The number of ether oxygens (including phenoxy) is 1. The van der Waals surface area contributed by atoms with Gasteiger partial charge < -0.3 is 4.74 Å². The zero-order valence-electron chi connectivity index (χ0n) is 12.8. The zero-order valence-corrected chi connectivity index (χ0v) is 14.4. The molecule has 9 heteroatoms. The van der Waals surface area contributed by atoms with Crippen LogP contribution in [-0.4, -0.2) is 34.8 Å². The topological polar surface area (TPSA) is 97.8 Å². The summed E-state index contributed by atoms with van der Waals surface area (Å²) in [6.45, 7) is 1.86. The van der Waals surface area contributed by atoms with Crippen LogP contribution in [0.5, 0.6) is 11.6 Å². The molecule has 0 aliphatic rings. The third kappa shape index (κ3) is 3.39. The van der Waals surface area contributed by atoms with Crippen LogP contribution >= 0.6 is 11.6 Å². The number of aromatic nitrogens is 4. The maximum absolute atomic E-state index is 11.5. The van der Waals surface area contributed by atoms with Gasteiger partial charge in [-0.2, -0.15) is 10.1 Å². The van der Waals surface area contributed by atoms with Gasteiger partial charge in [-0.3, -0.25) is 0 Å². The molecule has 124 valence electrons. The van der Waals surface area contributed by atoms with Gasteiger partial charge in [0.05, 0.1) is 5.56 Å². The molecule has 0 aliphatic heterocycles. The summed E-state index contributed by atoms with van der Waals surface area (Å²) in [6.07, 6.45) is 2.61. The number of sulfone groups is 1. The van der Waals surface area contributed by atoms with Gasteiger partial charge in [-0.1, -0.05) is 11.6 Å². The van der Waals surface area contributed by atoms with Crippen molar-refractivity contribution in [2.45, 2.75) is 12.1 Å². The minimum Gasteiger partial charge on any atom is -0.438 e. The van der Waals surface area contributed by atoms with Crippen molar-refractivity contribution in [1.29, 1.82) is 0 Å². The number of nitrogens with zero attached hydrogens (tertiary/aromatic N) is 3. The summed E-state index contributed by atoms with van der Waals surface area (Å²) in [6, 6.07) is 8.60. The van der Waals surface area contributed by atoms with Crippen LogP contribution in [0.3, 0.4) is 0 Å². The number of hydrogen-bond acceptors (Lipinski definition) is 6. The van der Waals surface area contributed by atoms with Crippen LogP contribution in [0.25, 0.3) is 11.4 Å². The van der Waals surface area contributed by atoms with Crippen LogP contribution in [0.2, 0.25) is 5.02 Å². The summed E-state index contributed by atoms with van der Waals surface area (Å²) in [5.74, 6) is 1.03. The molecule has 1 N–H and O–H groups in total. The van der Waals surface area contributed by atoms with Crippen LogP contribution in [-0.2, 0) is 9.84 Å². The van der Waals surface area contributed by atoms with Crippen molar-refractivity contribution >= 4 is 21.4 Å². The highest BCUT2D eigenvalue weighted by molar-refractivity contribution is 7.90. The first kappa shape index (κ1) is 16.4. The molecule has 0 amide bonds. The number of benzene rings is 1. The standard InChI is InChI=1S/C15H13ClN4O3S/c1-9-8-10(16)5-6-12(9)23-14-11(4-3-7-17-14)13-18-15(20-19-13)24(2,21)22/h3-8H,1-2H3,(H,18,19,20). The van der Waals surface area contributed by atoms with Gasteiger partial charge in [-0.15, -0.1) is 0 Å². The van der Waals surface area contributed by atoms with Crippen LogP contribution in [0.15, 0.2) is 41.7 Å². The predicted octanol–water partition coefficient (Wildman–Crippen LogP) is 3.02. The summed E-state index contributed by atoms with van der Waals surface area (Å²) in [4.78, 5) is 8.18. The Kier molecular flexibility index (Phi) is 4.25. The van der Waals surface area contributed by atoms with E-state index in [-0.39, 0.29) is 16.9 Å². The number of nitrogens with one attached hydrogen (secondary N) is 1. The molecular weight excluding hydrogens is 352 g/mol. The minimum atomic E-state index is -3.48. The van der Waals surface area contributed by atoms with E-state index in [2.05, 4.69) is 20.2 Å². The average molecular weight is 365 g/mol. The second-order valence-corrected chi connectivity index (χ2v) is 7.47. The Bertz CT molecular complexity index is 1000. The van der Waals surface area contributed by atoms with E-state index in [1.54, 1.807) is 36.5 Å². The second kappa shape index (κ2) is 6.21. The summed E-state index contributed by atoms with van der Waals surface area (Å²) in [5.41, 5.74) is 1.31. The Balaban J connectivity index is 2.01. The first-order chi connectivity index (χ1) is 11.3. The van der Waals surface area contributed by atoms with Gasteiger partial charge in [0.15, 0.2) is 5.82 Å². The monoisotopic (exact) mass is 364 g/mol. The summed E-state index contributed by atoms with van der Waals surface area (Å²) < 4.78 is 28.9. The van der Waals surface area contributed by atoms with E-state index in [1.807, 2.05) is 6.92 Å². The SMILES string of the molecule is Cc1cc(Cl)ccc1Oc1ncccc1-c1n[nH]c(S(C)(=O)=O)n1. The highest BCUT2D eigenvalue weighted by Gasteiger charge is 2.18. The molecule has 0 aliphatic carbocycles. The molecule has 0 unspecified atom stereocenters. The molecule has 1 aromatic carbocycles. The first-order valence-electron chi connectivity index (χ1n) is 6.86. The minimum absolute atomic E-state index is 0.185. The van der Waals surface area contributed by atoms with Crippen molar-refractivity contribution in [3.63, 3.8) is 0 Å². The summed E-state index contributed by atoms with van der Waals surface area (Å²) in [7, 11) is -3.48. The normalized spacial score (nSPS) is 11.5. The van der Waals surface area contributed by atoms with Gasteiger partial charge in [-0.05, 0) is 42.8 Å². The van der Waals surface area contributed by atoms with Crippen molar-refractivity contribution < 1.29 is 13.2 Å².